The van der Waals surface area contributed by atoms with Gasteiger partial charge in [-0.25, -0.2) is 0 Å². The second-order valence-corrected chi connectivity index (χ2v) is 4.47. The predicted molar refractivity (Wildman–Crippen MR) is 76.7 cm³/mol. The molecule has 0 aromatic rings. The number of hydrogen-bond donors (Lipinski definition) is 1. The molecule has 0 bridgehead atoms. The Morgan fingerprint density at radius 1 is 0.842 bits per heavy atom. The van der Waals surface area contributed by atoms with Crippen LogP contribution in [0.15, 0.2) is 0 Å². The minimum absolute atomic E-state index is 0.578. The first-order valence-corrected chi connectivity index (χ1v) is 7.26. The van der Waals surface area contributed by atoms with Gasteiger partial charge in [-0.3, -0.25) is 0 Å². The highest BCUT2D eigenvalue weighted by molar-refractivity contribution is 4.58. The molecule has 0 aliphatic carbocycles. The summed E-state index contributed by atoms with van der Waals surface area (Å²) in [6.45, 7) is 9.78. The molecule has 0 rings (SSSR count). The van der Waals surface area contributed by atoms with Crippen molar-refractivity contribution in [1.29, 1.82) is 0 Å². The van der Waals surface area contributed by atoms with E-state index in [9.17, 15) is 0 Å². The molecule has 0 aromatic carbocycles. The van der Waals surface area contributed by atoms with Gasteiger partial charge in [0.05, 0.1) is 46.2 Å². The molecule has 0 heterocycles. The van der Waals surface area contributed by atoms with Crippen LogP contribution >= 0.6 is 0 Å². The Morgan fingerprint density at radius 3 is 1.89 bits per heavy atom. The van der Waals surface area contributed by atoms with Gasteiger partial charge in [0.2, 0.25) is 0 Å². The summed E-state index contributed by atoms with van der Waals surface area (Å²) in [4.78, 5) is 0. The molecule has 0 radical (unpaired) electrons. The third-order valence-corrected chi connectivity index (χ3v) is 2.64. The van der Waals surface area contributed by atoms with E-state index in [4.69, 9.17) is 18.9 Å². The van der Waals surface area contributed by atoms with Gasteiger partial charge in [-0.15, -0.1) is 0 Å². The number of ether oxygens (including phenoxy) is 4. The summed E-state index contributed by atoms with van der Waals surface area (Å²) in [6.07, 6.45) is 2.43. The van der Waals surface area contributed by atoms with Crippen molar-refractivity contribution in [2.45, 2.75) is 32.7 Å². The molecule has 1 atom stereocenters. The first-order valence-electron chi connectivity index (χ1n) is 7.26. The fourth-order valence-corrected chi connectivity index (χ4v) is 1.60. The van der Waals surface area contributed by atoms with Crippen molar-refractivity contribution in [2.24, 2.45) is 0 Å². The Bertz CT molecular complexity index is 170. The predicted octanol–water partition coefficient (Wildman–Crippen LogP) is 1.46. The Balaban J connectivity index is 2.99. The molecule has 1 unspecified atom stereocenters. The summed E-state index contributed by atoms with van der Waals surface area (Å²) < 4.78 is 21.0. The summed E-state index contributed by atoms with van der Waals surface area (Å²) in [5.74, 6) is 0. The van der Waals surface area contributed by atoms with Crippen LogP contribution in [0.2, 0.25) is 0 Å². The van der Waals surface area contributed by atoms with Crippen molar-refractivity contribution < 1.29 is 18.9 Å². The van der Waals surface area contributed by atoms with Crippen LogP contribution in [0.5, 0.6) is 0 Å². The van der Waals surface area contributed by atoms with E-state index in [0.29, 0.717) is 45.7 Å². The van der Waals surface area contributed by atoms with E-state index >= 15 is 0 Å². The molecule has 0 aromatic heterocycles. The molecule has 5 nitrogen and oxygen atoms in total. The molecule has 19 heavy (non-hydrogen) atoms. The largest absolute Gasteiger partial charge is 0.382 e. The molecule has 0 fully saturated rings. The van der Waals surface area contributed by atoms with Gasteiger partial charge in [-0.1, -0.05) is 13.3 Å². The highest BCUT2D eigenvalue weighted by atomic mass is 16.6. The van der Waals surface area contributed by atoms with E-state index in [2.05, 4.69) is 19.2 Å². The second kappa shape index (κ2) is 15.9. The Hall–Kier alpha value is -0.200. The van der Waals surface area contributed by atoms with Crippen LogP contribution in [0.25, 0.3) is 0 Å². The lowest BCUT2D eigenvalue weighted by atomic mass is 10.2. The fraction of sp³-hybridized carbons (Fsp3) is 1.00. The Morgan fingerprint density at radius 2 is 1.37 bits per heavy atom. The molecule has 0 saturated heterocycles. The molecule has 5 heteroatoms. The van der Waals surface area contributed by atoms with Crippen LogP contribution in [-0.2, 0) is 18.9 Å². The molecule has 1 N–H and O–H groups in total. The fourth-order valence-electron chi connectivity index (χ4n) is 1.60. The highest BCUT2D eigenvalue weighted by Crippen LogP contribution is 1.93. The summed E-state index contributed by atoms with van der Waals surface area (Å²) >= 11 is 0. The minimum atomic E-state index is 0.578. The van der Waals surface area contributed by atoms with Crippen LogP contribution in [-0.4, -0.2) is 65.9 Å². The lowest BCUT2D eigenvalue weighted by Gasteiger charge is -2.12. The zero-order chi connectivity index (χ0) is 14.2. The number of nitrogens with one attached hydrogen (secondary N) is 1. The molecule has 0 aliphatic rings. The van der Waals surface area contributed by atoms with Crippen molar-refractivity contribution >= 4 is 0 Å². The Kier molecular flexibility index (Phi) is 15.7. The third kappa shape index (κ3) is 15.7. The minimum Gasteiger partial charge on any atom is -0.382 e. The standard InChI is InChI=1S/C14H31NO4/c1-4-5-14(2)15-6-7-17-10-11-19-13-12-18-9-8-16-3/h14-15H,4-13H2,1-3H3. The van der Waals surface area contributed by atoms with Crippen molar-refractivity contribution in [3.63, 3.8) is 0 Å². The lowest BCUT2D eigenvalue weighted by Crippen LogP contribution is -2.29. The van der Waals surface area contributed by atoms with Gasteiger partial charge in [0, 0.05) is 19.7 Å². The van der Waals surface area contributed by atoms with Crippen LogP contribution in [0, 0.1) is 0 Å². The van der Waals surface area contributed by atoms with Crippen LogP contribution in [0.3, 0.4) is 0 Å². The molecular weight excluding hydrogens is 246 g/mol. The second-order valence-electron chi connectivity index (χ2n) is 4.47. The third-order valence-electron chi connectivity index (χ3n) is 2.64. The maximum absolute atomic E-state index is 5.46. The summed E-state index contributed by atoms with van der Waals surface area (Å²) in [5.41, 5.74) is 0. The van der Waals surface area contributed by atoms with E-state index < -0.39 is 0 Å². The highest BCUT2D eigenvalue weighted by Gasteiger charge is 1.98. The first kappa shape index (κ1) is 18.8. The number of methoxy groups -OCH3 is 1. The lowest BCUT2D eigenvalue weighted by molar-refractivity contribution is 0.00394. The average molecular weight is 277 g/mol. The van der Waals surface area contributed by atoms with E-state index in [0.717, 1.165) is 13.2 Å². The van der Waals surface area contributed by atoms with Gasteiger partial charge in [0.1, 0.15) is 0 Å². The zero-order valence-corrected chi connectivity index (χ0v) is 12.8. The van der Waals surface area contributed by atoms with E-state index in [1.807, 2.05) is 0 Å². The number of rotatable bonds is 15. The SMILES string of the molecule is CCCC(C)NCCOCCOCCOCCOC. The van der Waals surface area contributed by atoms with Gasteiger partial charge in [0.15, 0.2) is 0 Å². The summed E-state index contributed by atoms with van der Waals surface area (Å²) in [7, 11) is 1.66. The molecule has 0 aliphatic heterocycles. The Labute approximate surface area is 117 Å². The zero-order valence-electron chi connectivity index (χ0n) is 12.8. The van der Waals surface area contributed by atoms with Crippen LogP contribution < -0.4 is 5.32 Å². The summed E-state index contributed by atoms with van der Waals surface area (Å²) in [5, 5.41) is 3.42. The number of hydrogen-bond acceptors (Lipinski definition) is 5. The smallest absolute Gasteiger partial charge is 0.0701 e. The average Bonchev–Trinajstić information content (AvgIpc) is 2.40. The molecule has 0 spiro atoms. The van der Waals surface area contributed by atoms with E-state index in [1.165, 1.54) is 12.8 Å². The first-order chi connectivity index (χ1) is 9.31. The maximum atomic E-state index is 5.46. The molecule has 0 saturated carbocycles. The van der Waals surface area contributed by atoms with Gasteiger partial charge in [0.25, 0.3) is 0 Å². The quantitative estimate of drug-likeness (QED) is 0.459. The molecule has 0 amide bonds. The topological polar surface area (TPSA) is 49.0 Å². The molecular formula is C14H31NO4. The normalized spacial score (nSPS) is 12.8. The monoisotopic (exact) mass is 277 g/mol. The van der Waals surface area contributed by atoms with Gasteiger partial charge in [-0.2, -0.15) is 0 Å². The van der Waals surface area contributed by atoms with E-state index in [1.54, 1.807) is 7.11 Å². The van der Waals surface area contributed by atoms with Crippen molar-refractivity contribution in [1.82, 2.24) is 5.32 Å². The van der Waals surface area contributed by atoms with Crippen molar-refractivity contribution in [3.8, 4) is 0 Å². The van der Waals surface area contributed by atoms with Crippen LogP contribution in [0.1, 0.15) is 26.7 Å². The maximum Gasteiger partial charge on any atom is 0.0701 e. The molecule has 116 valence electrons. The van der Waals surface area contributed by atoms with Crippen molar-refractivity contribution in [2.75, 3.05) is 59.9 Å². The van der Waals surface area contributed by atoms with Crippen molar-refractivity contribution in [3.05, 3.63) is 0 Å². The van der Waals surface area contributed by atoms with Gasteiger partial charge in [-0.05, 0) is 13.3 Å². The van der Waals surface area contributed by atoms with E-state index in [-0.39, 0.29) is 0 Å². The van der Waals surface area contributed by atoms with Gasteiger partial charge < -0.3 is 24.3 Å². The van der Waals surface area contributed by atoms with Crippen LogP contribution in [0.4, 0.5) is 0 Å². The summed E-state index contributed by atoms with van der Waals surface area (Å²) in [6, 6.07) is 0.578. The van der Waals surface area contributed by atoms with Gasteiger partial charge >= 0.3 is 0 Å².